The van der Waals surface area contributed by atoms with Gasteiger partial charge in [0.15, 0.2) is 0 Å². The number of carbonyl (C=O) groups excluding carboxylic acids is 1. The second-order valence-corrected chi connectivity index (χ2v) is 4.25. The summed E-state index contributed by atoms with van der Waals surface area (Å²) in [6.07, 6.45) is 5.07. The molecule has 3 rings (SSSR count). The SMILES string of the molecule is CNC(=O)n1ccc2ccc(Oc3ccncc3)cc21. The summed E-state index contributed by atoms with van der Waals surface area (Å²) in [4.78, 5) is 15.7. The number of nitrogens with zero attached hydrogens (tertiary/aromatic N) is 2. The van der Waals surface area contributed by atoms with E-state index in [1.165, 1.54) is 0 Å². The first-order valence-corrected chi connectivity index (χ1v) is 6.19. The Morgan fingerprint density at radius 2 is 1.95 bits per heavy atom. The predicted molar refractivity (Wildman–Crippen MR) is 76.1 cm³/mol. The van der Waals surface area contributed by atoms with E-state index < -0.39 is 0 Å². The van der Waals surface area contributed by atoms with Gasteiger partial charge in [0.1, 0.15) is 11.5 Å². The van der Waals surface area contributed by atoms with E-state index in [4.69, 9.17) is 4.74 Å². The highest BCUT2D eigenvalue weighted by Crippen LogP contribution is 2.25. The lowest BCUT2D eigenvalue weighted by atomic mass is 10.2. The van der Waals surface area contributed by atoms with Crippen molar-refractivity contribution in [3.8, 4) is 11.5 Å². The van der Waals surface area contributed by atoms with E-state index in [9.17, 15) is 4.79 Å². The topological polar surface area (TPSA) is 56.2 Å². The van der Waals surface area contributed by atoms with E-state index in [1.807, 2.05) is 24.3 Å². The molecular weight excluding hydrogens is 254 g/mol. The third-order valence-corrected chi connectivity index (χ3v) is 2.98. The highest BCUT2D eigenvalue weighted by atomic mass is 16.5. The van der Waals surface area contributed by atoms with Crippen LogP contribution < -0.4 is 10.1 Å². The van der Waals surface area contributed by atoms with Gasteiger partial charge in [0, 0.05) is 37.1 Å². The lowest BCUT2D eigenvalue weighted by Gasteiger charge is -2.07. The molecule has 0 aliphatic carbocycles. The molecule has 0 saturated heterocycles. The van der Waals surface area contributed by atoms with E-state index >= 15 is 0 Å². The van der Waals surface area contributed by atoms with Crippen LogP contribution in [0.4, 0.5) is 4.79 Å². The van der Waals surface area contributed by atoms with Gasteiger partial charge in [-0.3, -0.25) is 9.55 Å². The van der Waals surface area contributed by atoms with Crippen LogP contribution in [0.5, 0.6) is 11.5 Å². The first-order chi connectivity index (χ1) is 9.78. The molecule has 1 N–H and O–H groups in total. The molecule has 1 amide bonds. The Bertz CT molecular complexity index is 750. The zero-order chi connectivity index (χ0) is 13.9. The summed E-state index contributed by atoms with van der Waals surface area (Å²) in [6, 6.07) is 10.9. The van der Waals surface area contributed by atoms with Crippen LogP contribution in [0.25, 0.3) is 10.9 Å². The van der Waals surface area contributed by atoms with E-state index in [2.05, 4.69) is 10.3 Å². The fourth-order valence-corrected chi connectivity index (χ4v) is 2.01. The van der Waals surface area contributed by atoms with Gasteiger partial charge >= 0.3 is 6.03 Å². The molecule has 5 heteroatoms. The van der Waals surface area contributed by atoms with Crippen molar-refractivity contribution in [1.29, 1.82) is 0 Å². The average Bonchev–Trinajstić information content (AvgIpc) is 2.91. The molecule has 0 fully saturated rings. The number of carbonyl (C=O) groups is 1. The van der Waals surface area contributed by atoms with Crippen molar-refractivity contribution in [2.75, 3.05) is 7.05 Å². The molecule has 1 aromatic carbocycles. The molecule has 0 atom stereocenters. The van der Waals surface area contributed by atoms with Gasteiger partial charge in [-0.05, 0) is 30.3 Å². The zero-order valence-corrected chi connectivity index (χ0v) is 10.9. The summed E-state index contributed by atoms with van der Waals surface area (Å²) in [7, 11) is 1.60. The van der Waals surface area contributed by atoms with Gasteiger partial charge in [0.25, 0.3) is 0 Å². The number of nitrogens with one attached hydrogen (secondary N) is 1. The Morgan fingerprint density at radius 3 is 2.70 bits per heavy atom. The Kier molecular flexibility index (Phi) is 3.09. The van der Waals surface area contributed by atoms with E-state index in [0.29, 0.717) is 11.5 Å². The fraction of sp³-hybridized carbons (Fsp3) is 0.0667. The van der Waals surface area contributed by atoms with Gasteiger partial charge in [0.05, 0.1) is 5.52 Å². The highest BCUT2D eigenvalue weighted by molar-refractivity contribution is 5.92. The van der Waals surface area contributed by atoms with Crippen LogP contribution in [-0.4, -0.2) is 22.6 Å². The second-order valence-electron chi connectivity index (χ2n) is 4.25. The van der Waals surface area contributed by atoms with E-state index in [1.54, 1.807) is 42.3 Å². The minimum Gasteiger partial charge on any atom is -0.457 e. The first kappa shape index (κ1) is 12.2. The number of benzene rings is 1. The summed E-state index contributed by atoms with van der Waals surface area (Å²) < 4.78 is 7.29. The van der Waals surface area contributed by atoms with E-state index in [-0.39, 0.29) is 6.03 Å². The summed E-state index contributed by atoms with van der Waals surface area (Å²) in [5.41, 5.74) is 0.802. The minimum absolute atomic E-state index is 0.180. The molecule has 3 aromatic rings. The fourth-order valence-electron chi connectivity index (χ4n) is 2.01. The van der Waals surface area contributed by atoms with Crippen LogP contribution in [0.15, 0.2) is 55.0 Å². The molecule has 2 aromatic heterocycles. The van der Waals surface area contributed by atoms with Crippen molar-refractivity contribution < 1.29 is 9.53 Å². The standard InChI is InChI=1S/C15H13N3O2/c1-16-15(19)18-9-6-11-2-3-13(10-14(11)18)20-12-4-7-17-8-5-12/h2-10H,1H3,(H,16,19). The number of rotatable bonds is 2. The Balaban J connectivity index is 1.99. The summed E-state index contributed by atoms with van der Waals surface area (Å²) in [5.74, 6) is 1.38. The monoisotopic (exact) mass is 267 g/mol. The number of amides is 1. The van der Waals surface area contributed by atoms with Gasteiger partial charge < -0.3 is 10.1 Å². The number of ether oxygens (including phenoxy) is 1. The maximum absolute atomic E-state index is 11.8. The summed E-state index contributed by atoms with van der Waals surface area (Å²) in [6.45, 7) is 0. The second kappa shape index (κ2) is 5.05. The quantitative estimate of drug-likeness (QED) is 0.776. The molecule has 5 nitrogen and oxygen atoms in total. The molecule has 20 heavy (non-hydrogen) atoms. The molecule has 0 aliphatic rings. The van der Waals surface area contributed by atoms with Crippen molar-refractivity contribution in [3.05, 3.63) is 55.0 Å². The number of aromatic nitrogens is 2. The molecule has 0 saturated carbocycles. The largest absolute Gasteiger partial charge is 0.457 e. The van der Waals surface area contributed by atoms with Crippen molar-refractivity contribution in [2.24, 2.45) is 0 Å². The molecular formula is C15H13N3O2. The molecule has 0 unspecified atom stereocenters. The molecule has 0 radical (unpaired) electrons. The van der Waals surface area contributed by atoms with Crippen LogP contribution in [-0.2, 0) is 0 Å². The summed E-state index contributed by atoms with van der Waals surface area (Å²) >= 11 is 0. The van der Waals surface area contributed by atoms with Crippen LogP contribution in [0.2, 0.25) is 0 Å². The van der Waals surface area contributed by atoms with Gasteiger partial charge in [0.2, 0.25) is 0 Å². The maximum Gasteiger partial charge on any atom is 0.325 e. The minimum atomic E-state index is -0.180. The zero-order valence-electron chi connectivity index (χ0n) is 10.9. The van der Waals surface area contributed by atoms with Crippen molar-refractivity contribution in [3.63, 3.8) is 0 Å². The van der Waals surface area contributed by atoms with Crippen LogP contribution in [0.3, 0.4) is 0 Å². The molecule has 0 spiro atoms. The number of hydrogen-bond acceptors (Lipinski definition) is 3. The lowest BCUT2D eigenvalue weighted by Crippen LogP contribution is -2.23. The summed E-state index contributed by atoms with van der Waals surface area (Å²) in [5, 5.41) is 3.59. The van der Waals surface area contributed by atoms with E-state index in [0.717, 1.165) is 10.9 Å². The van der Waals surface area contributed by atoms with Gasteiger partial charge in [-0.2, -0.15) is 0 Å². The van der Waals surface area contributed by atoms with Crippen molar-refractivity contribution in [2.45, 2.75) is 0 Å². The van der Waals surface area contributed by atoms with Gasteiger partial charge in [-0.15, -0.1) is 0 Å². The van der Waals surface area contributed by atoms with Crippen molar-refractivity contribution >= 4 is 16.9 Å². The third kappa shape index (κ3) is 2.21. The Hall–Kier alpha value is -2.82. The normalized spacial score (nSPS) is 10.4. The smallest absolute Gasteiger partial charge is 0.325 e. The van der Waals surface area contributed by atoms with Crippen LogP contribution in [0.1, 0.15) is 0 Å². The maximum atomic E-state index is 11.8. The first-order valence-electron chi connectivity index (χ1n) is 6.19. The number of pyridine rings is 1. The molecule has 2 heterocycles. The predicted octanol–water partition coefficient (Wildman–Crippen LogP) is 3.02. The molecule has 0 bridgehead atoms. The number of hydrogen-bond donors (Lipinski definition) is 1. The molecule has 100 valence electrons. The third-order valence-electron chi connectivity index (χ3n) is 2.98. The average molecular weight is 267 g/mol. The van der Waals surface area contributed by atoms with Crippen LogP contribution >= 0.6 is 0 Å². The van der Waals surface area contributed by atoms with Gasteiger partial charge in [-0.1, -0.05) is 0 Å². The highest BCUT2D eigenvalue weighted by Gasteiger charge is 2.08. The van der Waals surface area contributed by atoms with Crippen molar-refractivity contribution in [1.82, 2.24) is 14.9 Å². The number of fused-ring (bicyclic) bond motifs is 1. The lowest BCUT2D eigenvalue weighted by molar-refractivity contribution is 0.245. The van der Waals surface area contributed by atoms with Crippen LogP contribution in [0, 0.1) is 0 Å². The molecule has 0 aliphatic heterocycles. The Morgan fingerprint density at radius 1 is 1.15 bits per heavy atom. The van der Waals surface area contributed by atoms with Gasteiger partial charge in [-0.25, -0.2) is 4.79 Å². The Labute approximate surface area is 115 Å².